The van der Waals surface area contributed by atoms with Crippen LogP contribution in [0, 0.1) is 0 Å². The number of H-pyrrole nitrogens is 1. The number of primary amides is 1. The van der Waals surface area contributed by atoms with Crippen LogP contribution in [0.3, 0.4) is 0 Å². The van der Waals surface area contributed by atoms with E-state index in [1.165, 1.54) is 6.33 Å². The highest BCUT2D eigenvalue weighted by Crippen LogP contribution is 2.14. The fraction of sp³-hybridized carbons (Fsp3) is 0.286. The lowest BCUT2D eigenvalue weighted by Gasteiger charge is -2.14. The van der Waals surface area contributed by atoms with Crippen LogP contribution >= 0.6 is 0 Å². The van der Waals surface area contributed by atoms with E-state index in [0.717, 1.165) is 4.90 Å². The Labute approximate surface area is 79.5 Å². The largest absolute Gasteiger partial charge is 0.465 e. The normalized spacial score (nSPS) is 9.79. The Bertz CT molecular complexity index is 360. The molecule has 2 amide bonds. The third kappa shape index (κ3) is 1.65. The first-order valence-electron chi connectivity index (χ1n) is 3.91. The van der Waals surface area contributed by atoms with Gasteiger partial charge in [-0.25, -0.2) is 9.78 Å². The minimum atomic E-state index is -1.18. The summed E-state index contributed by atoms with van der Waals surface area (Å²) in [7, 11) is 0. The fourth-order valence-electron chi connectivity index (χ4n) is 1.05. The first-order chi connectivity index (χ1) is 6.57. The van der Waals surface area contributed by atoms with Crippen molar-refractivity contribution in [2.75, 3.05) is 11.4 Å². The Hall–Kier alpha value is -2.05. The van der Waals surface area contributed by atoms with Gasteiger partial charge in [0.1, 0.15) is 5.69 Å². The number of carboxylic acid groups (broad SMARTS) is 1. The van der Waals surface area contributed by atoms with Crippen LogP contribution in [0.2, 0.25) is 0 Å². The maximum absolute atomic E-state index is 10.9. The Morgan fingerprint density at radius 3 is 2.79 bits per heavy atom. The molecular weight excluding hydrogens is 188 g/mol. The summed E-state index contributed by atoms with van der Waals surface area (Å²) in [5.41, 5.74) is 5.02. The van der Waals surface area contributed by atoms with Gasteiger partial charge in [-0.2, -0.15) is 0 Å². The van der Waals surface area contributed by atoms with Crippen molar-refractivity contribution in [2.24, 2.45) is 5.73 Å². The zero-order valence-electron chi connectivity index (χ0n) is 7.52. The molecule has 7 nitrogen and oxygen atoms in total. The van der Waals surface area contributed by atoms with Gasteiger partial charge in [-0.3, -0.25) is 9.69 Å². The van der Waals surface area contributed by atoms with Crippen molar-refractivity contribution in [3.8, 4) is 0 Å². The monoisotopic (exact) mass is 198 g/mol. The number of amides is 2. The molecule has 14 heavy (non-hydrogen) atoms. The van der Waals surface area contributed by atoms with Crippen LogP contribution in [-0.4, -0.2) is 33.6 Å². The molecule has 0 atom stereocenters. The number of nitrogens with one attached hydrogen (secondary N) is 1. The summed E-state index contributed by atoms with van der Waals surface area (Å²) in [6, 6.07) is 0. The van der Waals surface area contributed by atoms with Crippen LogP contribution in [-0.2, 0) is 0 Å². The summed E-state index contributed by atoms with van der Waals surface area (Å²) >= 11 is 0. The molecule has 0 spiro atoms. The molecule has 1 rings (SSSR count). The molecule has 0 saturated heterocycles. The topological polar surface area (TPSA) is 112 Å². The third-order valence-corrected chi connectivity index (χ3v) is 1.67. The SMILES string of the molecule is CCN(C(=O)O)c1nc[nH]c1C(N)=O. The van der Waals surface area contributed by atoms with E-state index in [1.807, 2.05) is 0 Å². The lowest BCUT2D eigenvalue weighted by molar-refractivity contribution is 0.0996. The van der Waals surface area contributed by atoms with Crippen LogP contribution in [0.25, 0.3) is 0 Å². The zero-order chi connectivity index (χ0) is 10.7. The molecule has 1 heterocycles. The number of rotatable bonds is 3. The molecule has 0 radical (unpaired) electrons. The predicted molar refractivity (Wildman–Crippen MR) is 48.2 cm³/mol. The third-order valence-electron chi connectivity index (χ3n) is 1.67. The lowest BCUT2D eigenvalue weighted by Crippen LogP contribution is -2.31. The molecule has 0 unspecified atom stereocenters. The van der Waals surface area contributed by atoms with Crippen LogP contribution in [0.15, 0.2) is 6.33 Å². The average molecular weight is 198 g/mol. The number of aromatic amines is 1. The summed E-state index contributed by atoms with van der Waals surface area (Å²) in [5, 5.41) is 8.77. The Morgan fingerprint density at radius 2 is 2.36 bits per heavy atom. The van der Waals surface area contributed by atoms with Gasteiger partial charge < -0.3 is 15.8 Å². The van der Waals surface area contributed by atoms with Crippen molar-refractivity contribution < 1.29 is 14.7 Å². The fourth-order valence-corrected chi connectivity index (χ4v) is 1.05. The van der Waals surface area contributed by atoms with Gasteiger partial charge in [-0.05, 0) is 6.92 Å². The number of imidazole rings is 1. The van der Waals surface area contributed by atoms with Gasteiger partial charge in [0.15, 0.2) is 5.82 Å². The number of carbonyl (C=O) groups is 2. The molecule has 1 aromatic heterocycles. The van der Waals surface area contributed by atoms with E-state index in [-0.39, 0.29) is 18.1 Å². The number of nitrogens with zero attached hydrogens (tertiary/aromatic N) is 2. The second kappa shape index (κ2) is 3.77. The standard InChI is InChI=1S/C7H10N4O3/c1-2-11(7(13)14)6-4(5(8)12)9-3-10-6/h3H,2H2,1H3,(H2,8,12)(H,9,10)(H,13,14). The second-order valence-corrected chi connectivity index (χ2v) is 2.49. The van der Waals surface area contributed by atoms with Gasteiger partial charge >= 0.3 is 6.09 Å². The molecular formula is C7H10N4O3. The first kappa shape index (κ1) is 10.0. The van der Waals surface area contributed by atoms with E-state index in [4.69, 9.17) is 10.8 Å². The van der Waals surface area contributed by atoms with Crippen molar-refractivity contribution in [1.29, 1.82) is 0 Å². The molecule has 0 aliphatic carbocycles. The van der Waals surface area contributed by atoms with Crippen LogP contribution in [0.1, 0.15) is 17.4 Å². The van der Waals surface area contributed by atoms with Gasteiger partial charge in [0.05, 0.1) is 6.33 Å². The van der Waals surface area contributed by atoms with Crippen LogP contribution < -0.4 is 10.6 Å². The highest BCUT2D eigenvalue weighted by molar-refractivity contribution is 5.99. The quantitative estimate of drug-likeness (QED) is 0.635. The first-order valence-corrected chi connectivity index (χ1v) is 3.91. The second-order valence-electron chi connectivity index (χ2n) is 2.49. The summed E-state index contributed by atoms with van der Waals surface area (Å²) in [4.78, 5) is 28.7. The van der Waals surface area contributed by atoms with Gasteiger partial charge in [0.25, 0.3) is 5.91 Å². The Kier molecular flexibility index (Phi) is 2.70. The van der Waals surface area contributed by atoms with Crippen molar-refractivity contribution in [2.45, 2.75) is 6.92 Å². The molecule has 0 bridgehead atoms. The molecule has 0 saturated carbocycles. The number of hydrogen-bond donors (Lipinski definition) is 3. The van der Waals surface area contributed by atoms with Gasteiger partial charge in [0.2, 0.25) is 0 Å². The number of aromatic nitrogens is 2. The van der Waals surface area contributed by atoms with Gasteiger partial charge in [-0.15, -0.1) is 0 Å². The molecule has 0 aromatic carbocycles. The molecule has 76 valence electrons. The van der Waals surface area contributed by atoms with E-state index in [2.05, 4.69) is 9.97 Å². The van der Waals surface area contributed by atoms with Gasteiger partial charge in [0, 0.05) is 6.54 Å². The average Bonchev–Trinajstić information content (AvgIpc) is 2.53. The number of hydrogen-bond acceptors (Lipinski definition) is 3. The molecule has 7 heteroatoms. The molecule has 1 aromatic rings. The maximum Gasteiger partial charge on any atom is 0.413 e. The van der Waals surface area contributed by atoms with Crippen LogP contribution in [0.5, 0.6) is 0 Å². The van der Waals surface area contributed by atoms with Crippen molar-refractivity contribution in [3.05, 3.63) is 12.0 Å². The molecule has 0 aliphatic heterocycles. The number of anilines is 1. The highest BCUT2D eigenvalue weighted by Gasteiger charge is 2.21. The summed E-state index contributed by atoms with van der Waals surface area (Å²) in [5.74, 6) is -0.704. The summed E-state index contributed by atoms with van der Waals surface area (Å²) in [6.45, 7) is 1.83. The van der Waals surface area contributed by atoms with E-state index < -0.39 is 12.0 Å². The van der Waals surface area contributed by atoms with Gasteiger partial charge in [-0.1, -0.05) is 0 Å². The van der Waals surface area contributed by atoms with E-state index in [9.17, 15) is 9.59 Å². The van der Waals surface area contributed by atoms with E-state index >= 15 is 0 Å². The van der Waals surface area contributed by atoms with E-state index in [1.54, 1.807) is 6.92 Å². The van der Waals surface area contributed by atoms with E-state index in [0.29, 0.717) is 0 Å². The molecule has 4 N–H and O–H groups in total. The van der Waals surface area contributed by atoms with Crippen LogP contribution in [0.4, 0.5) is 10.6 Å². The highest BCUT2D eigenvalue weighted by atomic mass is 16.4. The number of nitrogens with two attached hydrogens (primary N) is 1. The molecule has 0 aliphatic rings. The maximum atomic E-state index is 10.9. The number of carbonyl (C=O) groups excluding carboxylic acids is 1. The van der Waals surface area contributed by atoms with Crippen molar-refractivity contribution in [3.63, 3.8) is 0 Å². The Morgan fingerprint density at radius 1 is 1.71 bits per heavy atom. The van der Waals surface area contributed by atoms with Crippen molar-refractivity contribution in [1.82, 2.24) is 9.97 Å². The predicted octanol–water partition coefficient (Wildman–Crippen LogP) is 0.0129. The minimum absolute atomic E-state index is 0.00532. The molecule has 0 fully saturated rings. The summed E-state index contributed by atoms with van der Waals surface area (Å²) < 4.78 is 0. The van der Waals surface area contributed by atoms with Crippen molar-refractivity contribution >= 4 is 17.8 Å². The smallest absolute Gasteiger partial charge is 0.413 e. The lowest BCUT2D eigenvalue weighted by atomic mass is 10.4. The summed E-state index contributed by atoms with van der Waals surface area (Å²) in [6.07, 6.45) is 0.0446. The minimum Gasteiger partial charge on any atom is -0.465 e. The zero-order valence-corrected chi connectivity index (χ0v) is 7.52. The Balaban J connectivity index is 3.10.